The first kappa shape index (κ1) is 16.6. The molecule has 1 rings (SSSR count). The minimum absolute atomic E-state index is 0.0998. The Kier molecular flexibility index (Phi) is 6.57. The topological polar surface area (TPSA) is 81.3 Å². The summed E-state index contributed by atoms with van der Waals surface area (Å²) >= 11 is 1.21. The molecular weight excluding hydrogens is 280 g/mol. The summed E-state index contributed by atoms with van der Waals surface area (Å²) in [5.41, 5.74) is 0.275. The molecule has 0 saturated heterocycles. The van der Waals surface area contributed by atoms with Gasteiger partial charge >= 0.3 is 11.9 Å². The van der Waals surface area contributed by atoms with E-state index in [1.54, 1.807) is 13.8 Å². The molecule has 0 radical (unpaired) electrons. The molecule has 1 aromatic rings. The van der Waals surface area contributed by atoms with E-state index < -0.39 is 11.2 Å². The highest BCUT2D eigenvalue weighted by Gasteiger charge is 2.20. The van der Waals surface area contributed by atoms with Crippen molar-refractivity contribution in [2.75, 3.05) is 6.61 Å². The second-order valence-electron chi connectivity index (χ2n) is 4.24. The first-order valence-electron chi connectivity index (χ1n) is 6.57. The molecule has 0 spiro atoms. The van der Waals surface area contributed by atoms with Crippen LogP contribution in [0.15, 0.2) is 11.4 Å². The van der Waals surface area contributed by atoms with Crippen LogP contribution >= 0.6 is 11.8 Å². The van der Waals surface area contributed by atoms with E-state index in [1.807, 2.05) is 13.8 Å². The summed E-state index contributed by atoms with van der Waals surface area (Å²) in [4.78, 5) is 30.1. The maximum absolute atomic E-state index is 11.8. The molecule has 0 aliphatic heterocycles. The number of nitrogens with one attached hydrogen (secondary N) is 1. The maximum atomic E-state index is 11.8. The molecule has 7 heteroatoms. The van der Waals surface area contributed by atoms with E-state index >= 15 is 0 Å². The second-order valence-corrected chi connectivity index (χ2v) is 5.57. The van der Waals surface area contributed by atoms with Crippen LogP contribution in [0.5, 0.6) is 0 Å². The van der Waals surface area contributed by atoms with E-state index in [-0.39, 0.29) is 17.8 Å². The molecule has 1 heterocycles. The fourth-order valence-electron chi connectivity index (χ4n) is 1.27. The van der Waals surface area contributed by atoms with E-state index in [9.17, 15) is 9.59 Å². The number of carbonyl (C=O) groups is 2. The van der Waals surface area contributed by atoms with Crippen molar-refractivity contribution in [2.45, 2.75) is 50.6 Å². The van der Waals surface area contributed by atoms with Gasteiger partial charge < -0.3 is 14.5 Å². The van der Waals surface area contributed by atoms with Crippen LogP contribution in [0.3, 0.4) is 0 Å². The van der Waals surface area contributed by atoms with Crippen molar-refractivity contribution in [3.63, 3.8) is 0 Å². The third-order valence-electron chi connectivity index (χ3n) is 2.56. The summed E-state index contributed by atoms with van der Waals surface area (Å²) in [6.45, 7) is 7.58. The van der Waals surface area contributed by atoms with E-state index in [1.165, 1.54) is 18.0 Å². The van der Waals surface area contributed by atoms with Crippen LogP contribution in [-0.4, -0.2) is 39.9 Å². The van der Waals surface area contributed by atoms with Crippen molar-refractivity contribution in [1.29, 1.82) is 0 Å². The van der Waals surface area contributed by atoms with Crippen LogP contribution in [0.25, 0.3) is 0 Å². The number of hydrogen-bond donors (Lipinski definition) is 1. The standard InChI is InChI=1S/C13H20N2O4S/c1-5-8(3)19-11(16)9(4)20-13-14-7-10(15-13)12(17)18-6-2/h7-9H,5-6H2,1-4H3,(H,14,15). The molecule has 6 nitrogen and oxygen atoms in total. The van der Waals surface area contributed by atoms with Crippen LogP contribution in [0.2, 0.25) is 0 Å². The molecule has 2 atom stereocenters. The van der Waals surface area contributed by atoms with Gasteiger partial charge in [-0.15, -0.1) is 0 Å². The van der Waals surface area contributed by atoms with Crippen molar-refractivity contribution in [3.8, 4) is 0 Å². The van der Waals surface area contributed by atoms with Crippen molar-refractivity contribution in [1.82, 2.24) is 9.97 Å². The second kappa shape index (κ2) is 7.94. The van der Waals surface area contributed by atoms with Crippen LogP contribution in [-0.2, 0) is 14.3 Å². The fourth-order valence-corrected chi connectivity index (χ4v) is 2.04. The lowest BCUT2D eigenvalue weighted by atomic mass is 10.3. The number of aromatic amines is 1. The Morgan fingerprint density at radius 2 is 2.10 bits per heavy atom. The van der Waals surface area contributed by atoms with Gasteiger partial charge in [0.05, 0.1) is 18.9 Å². The van der Waals surface area contributed by atoms with E-state index in [0.29, 0.717) is 11.8 Å². The van der Waals surface area contributed by atoms with Gasteiger partial charge in [-0.3, -0.25) is 4.79 Å². The van der Waals surface area contributed by atoms with Crippen molar-refractivity contribution in [3.05, 3.63) is 11.9 Å². The van der Waals surface area contributed by atoms with Gasteiger partial charge in [-0.05, 0) is 27.2 Å². The number of H-pyrrole nitrogens is 1. The maximum Gasteiger partial charge on any atom is 0.356 e. The minimum Gasteiger partial charge on any atom is -0.462 e. The lowest BCUT2D eigenvalue weighted by Gasteiger charge is -2.14. The number of hydrogen-bond acceptors (Lipinski definition) is 6. The van der Waals surface area contributed by atoms with Crippen LogP contribution in [0.1, 0.15) is 44.6 Å². The van der Waals surface area contributed by atoms with Crippen molar-refractivity contribution < 1.29 is 19.1 Å². The van der Waals surface area contributed by atoms with Gasteiger partial charge in [0.25, 0.3) is 0 Å². The zero-order valence-electron chi connectivity index (χ0n) is 12.1. The van der Waals surface area contributed by atoms with Gasteiger partial charge in [0.1, 0.15) is 10.9 Å². The first-order valence-corrected chi connectivity index (χ1v) is 7.45. The lowest BCUT2D eigenvalue weighted by molar-refractivity contribution is -0.147. The number of thioether (sulfide) groups is 1. The van der Waals surface area contributed by atoms with Gasteiger partial charge in [0.15, 0.2) is 5.16 Å². The largest absolute Gasteiger partial charge is 0.462 e. The Morgan fingerprint density at radius 3 is 2.70 bits per heavy atom. The molecule has 1 aromatic heterocycles. The number of ether oxygens (including phenoxy) is 2. The Balaban J connectivity index is 2.56. The highest BCUT2D eigenvalue weighted by molar-refractivity contribution is 8.00. The number of aromatic nitrogens is 2. The van der Waals surface area contributed by atoms with Gasteiger partial charge in [0.2, 0.25) is 0 Å². The highest BCUT2D eigenvalue weighted by atomic mass is 32.2. The molecule has 0 fully saturated rings. The third kappa shape index (κ3) is 4.88. The molecule has 0 aliphatic carbocycles. The molecule has 0 aromatic carbocycles. The normalized spacial score (nSPS) is 13.6. The monoisotopic (exact) mass is 300 g/mol. The lowest BCUT2D eigenvalue weighted by Crippen LogP contribution is -2.22. The SMILES string of the molecule is CCOC(=O)c1cnc(SC(C)C(=O)OC(C)CC)[nH]1. The Labute approximate surface area is 122 Å². The summed E-state index contributed by atoms with van der Waals surface area (Å²) in [6, 6.07) is 0. The average molecular weight is 300 g/mol. The molecule has 0 aliphatic rings. The van der Waals surface area contributed by atoms with Gasteiger partial charge in [-0.1, -0.05) is 18.7 Å². The van der Waals surface area contributed by atoms with E-state index in [0.717, 1.165) is 6.42 Å². The van der Waals surface area contributed by atoms with Crippen molar-refractivity contribution in [2.24, 2.45) is 0 Å². The molecular formula is C13H20N2O4S. The first-order chi connectivity index (χ1) is 9.47. The average Bonchev–Trinajstić information content (AvgIpc) is 2.87. The van der Waals surface area contributed by atoms with E-state index in [4.69, 9.17) is 9.47 Å². The summed E-state index contributed by atoms with van der Waals surface area (Å²) < 4.78 is 10.1. The van der Waals surface area contributed by atoms with Crippen molar-refractivity contribution >= 4 is 23.7 Å². The number of carbonyl (C=O) groups excluding carboxylic acids is 2. The number of esters is 2. The Morgan fingerprint density at radius 1 is 1.40 bits per heavy atom. The van der Waals surface area contributed by atoms with Crippen LogP contribution < -0.4 is 0 Å². The predicted molar refractivity (Wildman–Crippen MR) is 75.7 cm³/mol. The Bertz CT molecular complexity index is 461. The molecule has 2 unspecified atom stereocenters. The predicted octanol–water partition coefficient (Wildman–Crippen LogP) is 2.41. The third-order valence-corrected chi connectivity index (χ3v) is 3.54. The molecule has 20 heavy (non-hydrogen) atoms. The minimum atomic E-state index is -0.457. The zero-order valence-corrected chi connectivity index (χ0v) is 13.0. The number of nitrogens with zero attached hydrogens (tertiary/aromatic N) is 1. The Hall–Kier alpha value is -1.50. The molecule has 0 saturated carbocycles. The summed E-state index contributed by atoms with van der Waals surface area (Å²) in [7, 11) is 0. The summed E-state index contributed by atoms with van der Waals surface area (Å²) in [5, 5.41) is 0.0897. The quantitative estimate of drug-likeness (QED) is 0.615. The summed E-state index contributed by atoms with van der Waals surface area (Å²) in [5.74, 6) is -0.750. The zero-order chi connectivity index (χ0) is 15.1. The van der Waals surface area contributed by atoms with Crippen LogP contribution in [0.4, 0.5) is 0 Å². The molecule has 1 N–H and O–H groups in total. The molecule has 112 valence electrons. The molecule has 0 bridgehead atoms. The number of rotatable bonds is 7. The molecule has 0 amide bonds. The van der Waals surface area contributed by atoms with E-state index in [2.05, 4.69) is 9.97 Å². The van der Waals surface area contributed by atoms with Crippen LogP contribution in [0, 0.1) is 0 Å². The summed E-state index contributed by atoms with van der Waals surface area (Å²) in [6.07, 6.45) is 2.07. The van der Waals surface area contributed by atoms with Gasteiger partial charge in [0, 0.05) is 0 Å². The van der Waals surface area contributed by atoms with Gasteiger partial charge in [-0.25, -0.2) is 9.78 Å². The number of imidazole rings is 1. The highest BCUT2D eigenvalue weighted by Crippen LogP contribution is 2.21. The fraction of sp³-hybridized carbons (Fsp3) is 0.615. The van der Waals surface area contributed by atoms with Gasteiger partial charge in [-0.2, -0.15) is 0 Å². The smallest absolute Gasteiger partial charge is 0.356 e.